The predicted molar refractivity (Wildman–Crippen MR) is 67.3 cm³/mol. The second-order valence-corrected chi connectivity index (χ2v) is 4.89. The van der Waals surface area contributed by atoms with Crippen LogP contribution in [0, 0.1) is 12.8 Å². The van der Waals surface area contributed by atoms with E-state index in [4.69, 9.17) is 0 Å². The molecule has 2 nitrogen and oxygen atoms in total. The summed E-state index contributed by atoms with van der Waals surface area (Å²) in [6, 6.07) is 4.89. The van der Waals surface area contributed by atoms with Crippen LogP contribution >= 0.6 is 0 Å². The number of hydrogen-bond donors (Lipinski definition) is 1. The van der Waals surface area contributed by atoms with Crippen molar-refractivity contribution in [3.8, 4) is 0 Å². The molecule has 0 radical (unpaired) electrons. The highest BCUT2D eigenvalue weighted by molar-refractivity contribution is 5.20. The summed E-state index contributed by atoms with van der Waals surface area (Å²) < 4.78 is 0. The molecule has 0 aliphatic heterocycles. The summed E-state index contributed by atoms with van der Waals surface area (Å²) in [6.07, 6.45) is 8.87. The van der Waals surface area contributed by atoms with Crippen LogP contribution < -0.4 is 5.32 Å². The first-order chi connectivity index (χ1) is 7.81. The molecular formula is C14H22N2. The van der Waals surface area contributed by atoms with Crippen molar-refractivity contribution < 1.29 is 0 Å². The van der Waals surface area contributed by atoms with Crippen molar-refractivity contribution in [3.05, 3.63) is 29.6 Å². The van der Waals surface area contributed by atoms with Crippen molar-refractivity contribution in [1.82, 2.24) is 10.3 Å². The van der Waals surface area contributed by atoms with Crippen LogP contribution in [0.3, 0.4) is 0 Å². The Balaban J connectivity index is 2.14. The lowest BCUT2D eigenvalue weighted by atomic mass is 9.81. The number of hydrogen-bond acceptors (Lipinski definition) is 2. The smallest absolute Gasteiger partial charge is 0.0375 e. The molecule has 1 fully saturated rings. The summed E-state index contributed by atoms with van der Waals surface area (Å²) in [6.45, 7) is 2.07. The van der Waals surface area contributed by atoms with Crippen LogP contribution in [0.5, 0.6) is 0 Å². The fourth-order valence-electron chi connectivity index (χ4n) is 2.90. The molecule has 1 atom stereocenters. The minimum absolute atomic E-state index is 0.516. The van der Waals surface area contributed by atoms with Crippen molar-refractivity contribution in [1.29, 1.82) is 0 Å². The summed E-state index contributed by atoms with van der Waals surface area (Å²) in [5, 5.41) is 3.49. The van der Waals surface area contributed by atoms with E-state index in [2.05, 4.69) is 36.4 Å². The zero-order valence-corrected chi connectivity index (χ0v) is 10.4. The van der Waals surface area contributed by atoms with Gasteiger partial charge in [0, 0.05) is 17.9 Å². The van der Waals surface area contributed by atoms with E-state index < -0.39 is 0 Å². The molecule has 1 aromatic heterocycles. The highest BCUT2D eigenvalue weighted by Crippen LogP contribution is 2.34. The van der Waals surface area contributed by atoms with E-state index in [1.807, 2.05) is 6.20 Å². The summed E-state index contributed by atoms with van der Waals surface area (Å²) in [5.74, 6) is 0.806. The molecule has 1 aliphatic carbocycles. The first-order valence-electron chi connectivity index (χ1n) is 6.41. The van der Waals surface area contributed by atoms with Crippen molar-refractivity contribution >= 4 is 0 Å². The lowest BCUT2D eigenvalue weighted by Gasteiger charge is -2.30. The number of pyridine rings is 1. The quantitative estimate of drug-likeness (QED) is 0.842. The van der Waals surface area contributed by atoms with Crippen LogP contribution in [0.4, 0.5) is 0 Å². The van der Waals surface area contributed by atoms with Gasteiger partial charge in [0.05, 0.1) is 0 Å². The van der Waals surface area contributed by atoms with Gasteiger partial charge in [-0.1, -0.05) is 19.3 Å². The number of rotatable bonds is 3. The maximum absolute atomic E-state index is 4.27. The molecule has 0 bridgehead atoms. The standard InChI is InChI=1S/C14H22N2/c1-11-10-13(8-9-16-11)14(15-2)12-6-4-3-5-7-12/h8-10,12,14-15H,3-7H2,1-2H3. The van der Waals surface area contributed by atoms with E-state index in [9.17, 15) is 0 Å². The Morgan fingerprint density at radius 1 is 1.31 bits per heavy atom. The maximum atomic E-state index is 4.27. The minimum Gasteiger partial charge on any atom is -0.313 e. The van der Waals surface area contributed by atoms with Crippen molar-refractivity contribution in [2.24, 2.45) is 5.92 Å². The molecule has 16 heavy (non-hydrogen) atoms. The Morgan fingerprint density at radius 3 is 2.69 bits per heavy atom. The lowest BCUT2D eigenvalue weighted by molar-refractivity contribution is 0.281. The number of aryl methyl sites for hydroxylation is 1. The summed E-state index contributed by atoms with van der Waals surface area (Å²) >= 11 is 0. The zero-order chi connectivity index (χ0) is 11.4. The Bertz CT molecular complexity index is 329. The van der Waals surface area contributed by atoms with Gasteiger partial charge in [0.2, 0.25) is 0 Å². The van der Waals surface area contributed by atoms with Crippen molar-refractivity contribution in [3.63, 3.8) is 0 Å². The molecule has 1 saturated carbocycles. The molecule has 0 amide bonds. The summed E-state index contributed by atoms with van der Waals surface area (Å²) in [7, 11) is 2.08. The second-order valence-electron chi connectivity index (χ2n) is 4.89. The third-order valence-electron chi connectivity index (χ3n) is 3.71. The number of nitrogens with one attached hydrogen (secondary N) is 1. The molecular weight excluding hydrogens is 196 g/mol. The van der Waals surface area contributed by atoms with E-state index >= 15 is 0 Å². The first-order valence-corrected chi connectivity index (χ1v) is 6.41. The second kappa shape index (κ2) is 5.44. The summed E-state index contributed by atoms with van der Waals surface area (Å²) in [4.78, 5) is 4.27. The number of aromatic nitrogens is 1. The van der Waals surface area contributed by atoms with Gasteiger partial charge >= 0.3 is 0 Å². The fourth-order valence-corrected chi connectivity index (χ4v) is 2.90. The third-order valence-corrected chi connectivity index (χ3v) is 3.71. The van der Waals surface area contributed by atoms with Crippen molar-refractivity contribution in [2.75, 3.05) is 7.05 Å². The van der Waals surface area contributed by atoms with Gasteiger partial charge in [0.25, 0.3) is 0 Å². The molecule has 0 saturated heterocycles. The average Bonchev–Trinajstić information content (AvgIpc) is 2.31. The van der Waals surface area contributed by atoms with E-state index in [-0.39, 0.29) is 0 Å². The molecule has 1 aromatic rings. The van der Waals surface area contributed by atoms with E-state index in [1.165, 1.54) is 37.7 Å². The monoisotopic (exact) mass is 218 g/mol. The van der Waals surface area contributed by atoms with E-state index in [0.717, 1.165) is 11.6 Å². The molecule has 1 heterocycles. The minimum atomic E-state index is 0.516. The largest absolute Gasteiger partial charge is 0.313 e. The van der Waals surface area contributed by atoms with Gasteiger partial charge in [-0.15, -0.1) is 0 Å². The molecule has 1 N–H and O–H groups in total. The van der Waals surface area contributed by atoms with Crippen LogP contribution in [0.2, 0.25) is 0 Å². The number of nitrogens with zero attached hydrogens (tertiary/aromatic N) is 1. The van der Waals surface area contributed by atoms with Crippen LogP contribution in [-0.2, 0) is 0 Å². The highest BCUT2D eigenvalue weighted by atomic mass is 14.9. The Kier molecular flexibility index (Phi) is 3.94. The van der Waals surface area contributed by atoms with Crippen LogP contribution in [0.25, 0.3) is 0 Å². The zero-order valence-electron chi connectivity index (χ0n) is 10.4. The molecule has 2 rings (SSSR count). The van der Waals surface area contributed by atoms with Gasteiger partial charge < -0.3 is 5.32 Å². The molecule has 0 spiro atoms. The lowest BCUT2D eigenvalue weighted by Crippen LogP contribution is -2.27. The van der Waals surface area contributed by atoms with Gasteiger partial charge in [0.15, 0.2) is 0 Å². The fraction of sp³-hybridized carbons (Fsp3) is 0.643. The first kappa shape index (κ1) is 11.6. The normalized spacial score (nSPS) is 19.6. The summed E-state index contributed by atoms with van der Waals surface area (Å²) in [5.41, 5.74) is 2.52. The van der Waals surface area contributed by atoms with Crippen LogP contribution in [-0.4, -0.2) is 12.0 Å². The van der Waals surface area contributed by atoms with E-state index in [1.54, 1.807) is 0 Å². The van der Waals surface area contributed by atoms with Gasteiger partial charge in [-0.3, -0.25) is 4.98 Å². The van der Waals surface area contributed by atoms with E-state index in [0.29, 0.717) is 6.04 Å². The maximum Gasteiger partial charge on any atom is 0.0375 e. The molecule has 0 aromatic carbocycles. The average molecular weight is 218 g/mol. The van der Waals surface area contributed by atoms with Gasteiger partial charge in [-0.05, 0) is 50.4 Å². The topological polar surface area (TPSA) is 24.9 Å². The molecule has 1 aliphatic rings. The van der Waals surface area contributed by atoms with Crippen LogP contribution in [0.1, 0.15) is 49.4 Å². The van der Waals surface area contributed by atoms with Gasteiger partial charge in [0.1, 0.15) is 0 Å². The highest BCUT2D eigenvalue weighted by Gasteiger charge is 2.23. The molecule has 2 heteroatoms. The van der Waals surface area contributed by atoms with Crippen molar-refractivity contribution in [2.45, 2.75) is 45.1 Å². The Hall–Kier alpha value is -0.890. The van der Waals surface area contributed by atoms with Gasteiger partial charge in [-0.25, -0.2) is 0 Å². The Labute approximate surface area is 98.5 Å². The molecule has 1 unspecified atom stereocenters. The van der Waals surface area contributed by atoms with Crippen LogP contribution in [0.15, 0.2) is 18.3 Å². The Morgan fingerprint density at radius 2 is 2.06 bits per heavy atom. The van der Waals surface area contributed by atoms with Gasteiger partial charge in [-0.2, -0.15) is 0 Å². The predicted octanol–water partition coefficient (Wildman–Crippen LogP) is 3.23. The third kappa shape index (κ3) is 2.62. The SMILES string of the molecule is CNC(c1ccnc(C)c1)C1CCCCC1. The molecule has 88 valence electrons.